The van der Waals surface area contributed by atoms with Gasteiger partial charge in [-0.2, -0.15) is 0 Å². The van der Waals surface area contributed by atoms with E-state index in [4.69, 9.17) is 5.73 Å². The number of nitrogens with two attached hydrogens (primary N) is 1. The normalized spacial score (nSPS) is 11.2. The number of sulfonamides is 1. The Balaban J connectivity index is 2.04. The number of rotatable bonds is 5. The van der Waals surface area contributed by atoms with E-state index in [1.165, 1.54) is 12.1 Å². The molecule has 0 saturated heterocycles. The van der Waals surface area contributed by atoms with Crippen LogP contribution >= 0.6 is 0 Å². The summed E-state index contributed by atoms with van der Waals surface area (Å²) >= 11 is 0. The van der Waals surface area contributed by atoms with Crippen LogP contribution in [-0.2, 0) is 16.6 Å². The molecule has 0 atom stereocenters. The molecular weight excluding hydrogens is 356 g/mol. The first kappa shape index (κ1) is 17.5. The first-order valence-corrected chi connectivity index (χ1v) is 9.11. The van der Waals surface area contributed by atoms with E-state index in [9.17, 15) is 18.0 Å². The van der Waals surface area contributed by atoms with Crippen molar-refractivity contribution in [2.45, 2.75) is 11.4 Å². The number of anilines is 2. The lowest BCUT2D eigenvalue weighted by Crippen LogP contribution is -2.35. The van der Waals surface area contributed by atoms with Gasteiger partial charge in [-0.15, -0.1) is 0 Å². The molecule has 0 radical (unpaired) electrons. The van der Waals surface area contributed by atoms with E-state index in [0.29, 0.717) is 0 Å². The number of aromatic amines is 1. The third kappa shape index (κ3) is 3.52. The summed E-state index contributed by atoms with van der Waals surface area (Å²) in [5.41, 5.74) is 4.67. The Labute approximate surface area is 149 Å². The van der Waals surface area contributed by atoms with Crippen LogP contribution in [0.2, 0.25) is 0 Å². The summed E-state index contributed by atoms with van der Waals surface area (Å²) in [6, 6.07) is 16.5. The van der Waals surface area contributed by atoms with Crippen LogP contribution in [0, 0.1) is 0 Å². The van der Waals surface area contributed by atoms with E-state index < -0.39 is 27.0 Å². The van der Waals surface area contributed by atoms with E-state index in [-0.39, 0.29) is 17.3 Å². The van der Waals surface area contributed by atoms with Crippen LogP contribution in [0.25, 0.3) is 0 Å². The molecule has 4 N–H and O–H groups in total. The fraction of sp³-hybridized carbons (Fsp3) is 0.0588. The number of nitrogen functional groups attached to an aromatic ring is 1. The summed E-state index contributed by atoms with van der Waals surface area (Å²) in [7, 11) is -4.03. The summed E-state index contributed by atoms with van der Waals surface area (Å²) in [6.45, 7) is 0.0857. The second-order valence-corrected chi connectivity index (χ2v) is 7.19. The van der Waals surface area contributed by atoms with Gasteiger partial charge in [-0.25, -0.2) is 13.2 Å². The number of benzene rings is 2. The molecule has 134 valence electrons. The fourth-order valence-electron chi connectivity index (χ4n) is 2.40. The van der Waals surface area contributed by atoms with Gasteiger partial charge in [-0.3, -0.25) is 19.1 Å². The van der Waals surface area contributed by atoms with Crippen molar-refractivity contribution < 1.29 is 8.42 Å². The number of H-pyrrole nitrogens is 1. The number of nitrogens with one attached hydrogen (secondary N) is 2. The van der Waals surface area contributed by atoms with Gasteiger partial charge < -0.3 is 5.73 Å². The number of hydrogen-bond donors (Lipinski definition) is 3. The van der Waals surface area contributed by atoms with Gasteiger partial charge in [0.15, 0.2) is 5.69 Å². The van der Waals surface area contributed by atoms with E-state index in [2.05, 4.69) is 9.71 Å². The molecule has 0 bridgehead atoms. The van der Waals surface area contributed by atoms with E-state index in [0.717, 1.165) is 10.1 Å². The Bertz CT molecular complexity index is 1140. The highest BCUT2D eigenvalue weighted by Crippen LogP contribution is 2.17. The van der Waals surface area contributed by atoms with Crippen molar-refractivity contribution in [2.24, 2.45) is 0 Å². The van der Waals surface area contributed by atoms with Crippen LogP contribution in [0.5, 0.6) is 0 Å². The Morgan fingerprint density at radius 2 is 1.54 bits per heavy atom. The molecular formula is C17H16N4O4S. The Kier molecular flexibility index (Phi) is 4.63. The molecule has 3 rings (SSSR count). The van der Waals surface area contributed by atoms with Gasteiger partial charge in [0, 0.05) is 0 Å². The van der Waals surface area contributed by atoms with Gasteiger partial charge in [-0.1, -0.05) is 48.5 Å². The minimum Gasteiger partial charge on any atom is -0.383 e. The van der Waals surface area contributed by atoms with Gasteiger partial charge in [0.05, 0.1) is 11.4 Å². The van der Waals surface area contributed by atoms with Crippen molar-refractivity contribution in [1.29, 1.82) is 0 Å². The van der Waals surface area contributed by atoms with Crippen molar-refractivity contribution in [3.8, 4) is 0 Å². The molecule has 0 aliphatic heterocycles. The van der Waals surface area contributed by atoms with Crippen molar-refractivity contribution >= 4 is 21.5 Å². The zero-order chi connectivity index (χ0) is 18.7. The van der Waals surface area contributed by atoms with Crippen molar-refractivity contribution in [3.05, 3.63) is 87.1 Å². The molecule has 26 heavy (non-hydrogen) atoms. The Hall–Kier alpha value is -3.33. The molecule has 2 aromatic carbocycles. The lowest BCUT2D eigenvalue weighted by molar-refractivity contribution is 0.601. The SMILES string of the molecule is Nc1c(NS(=O)(=O)c2ccccc2)c(=O)[nH]c(=O)n1Cc1ccccc1. The van der Waals surface area contributed by atoms with Crippen LogP contribution in [0.3, 0.4) is 0 Å². The molecule has 0 aliphatic rings. The van der Waals surface area contributed by atoms with Crippen molar-refractivity contribution in [3.63, 3.8) is 0 Å². The van der Waals surface area contributed by atoms with Gasteiger partial charge >= 0.3 is 5.69 Å². The molecule has 8 nitrogen and oxygen atoms in total. The number of hydrogen-bond acceptors (Lipinski definition) is 5. The summed E-state index contributed by atoms with van der Waals surface area (Å²) in [6.07, 6.45) is 0. The minimum absolute atomic E-state index is 0.0281. The molecule has 1 aromatic heterocycles. The van der Waals surface area contributed by atoms with E-state index in [1.807, 2.05) is 6.07 Å². The zero-order valence-corrected chi connectivity index (χ0v) is 14.4. The lowest BCUT2D eigenvalue weighted by Gasteiger charge is -2.14. The molecule has 0 spiro atoms. The quantitative estimate of drug-likeness (QED) is 0.615. The Morgan fingerprint density at radius 3 is 2.15 bits per heavy atom. The van der Waals surface area contributed by atoms with Gasteiger partial charge in [-0.05, 0) is 17.7 Å². The summed E-state index contributed by atoms with van der Waals surface area (Å²) in [5.74, 6) is -0.262. The first-order valence-electron chi connectivity index (χ1n) is 7.63. The molecule has 0 unspecified atom stereocenters. The average Bonchev–Trinajstić information content (AvgIpc) is 2.64. The minimum atomic E-state index is -4.03. The highest BCUT2D eigenvalue weighted by molar-refractivity contribution is 7.92. The van der Waals surface area contributed by atoms with E-state index in [1.54, 1.807) is 42.5 Å². The number of nitrogens with zero attached hydrogens (tertiary/aromatic N) is 1. The summed E-state index contributed by atoms with van der Waals surface area (Å²) in [5, 5.41) is 0. The monoisotopic (exact) mass is 372 g/mol. The average molecular weight is 372 g/mol. The molecule has 0 fully saturated rings. The molecule has 9 heteroatoms. The Morgan fingerprint density at radius 1 is 0.962 bits per heavy atom. The maximum absolute atomic E-state index is 12.5. The van der Waals surface area contributed by atoms with Crippen LogP contribution in [0.1, 0.15) is 5.56 Å². The highest BCUT2D eigenvalue weighted by atomic mass is 32.2. The van der Waals surface area contributed by atoms with Crippen molar-refractivity contribution in [1.82, 2.24) is 9.55 Å². The van der Waals surface area contributed by atoms with E-state index >= 15 is 0 Å². The predicted octanol–water partition coefficient (Wildman–Crippen LogP) is 0.968. The first-order chi connectivity index (χ1) is 12.4. The molecule has 1 heterocycles. The van der Waals surface area contributed by atoms with Crippen molar-refractivity contribution in [2.75, 3.05) is 10.5 Å². The molecule has 0 amide bonds. The van der Waals surface area contributed by atoms with Gasteiger partial charge in [0.1, 0.15) is 5.82 Å². The maximum atomic E-state index is 12.5. The van der Waals surface area contributed by atoms with Crippen LogP contribution in [-0.4, -0.2) is 18.0 Å². The topological polar surface area (TPSA) is 127 Å². The third-order valence-electron chi connectivity index (χ3n) is 3.71. The van der Waals surface area contributed by atoms with Crippen LogP contribution < -0.4 is 21.7 Å². The smallest absolute Gasteiger partial charge is 0.330 e. The molecule has 0 aliphatic carbocycles. The summed E-state index contributed by atoms with van der Waals surface area (Å²) in [4.78, 5) is 26.3. The second-order valence-electron chi connectivity index (χ2n) is 5.51. The highest BCUT2D eigenvalue weighted by Gasteiger charge is 2.20. The lowest BCUT2D eigenvalue weighted by atomic mass is 10.2. The third-order valence-corrected chi connectivity index (χ3v) is 5.08. The molecule has 0 saturated carbocycles. The maximum Gasteiger partial charge on any atom is 0.330 e. The standard InChI is InChI=1S/C17H16N4O4S/c18-15-14(20-26(24,25)13-9-5-2-6-10-13)16(22)19-17(23)21(15)11-12-7-3-1-4-8-12/h1-10,20H,11,18H2,(H,19,22,23). The second kappa shape index (κ2) is 6.89. The van der Waals surface area contributed by atoms with Crippen LogP contribution in [0.15, 0.2) is 75.1 Å². The van der Waals surface area contributed by atoms with Gasteiger partial charge in [0.25, 0.3) is 15.6 Å². The fourth-order valence-corrected chi connectivity index (χ4v) is 3.50. The van der Waals surface area contributed by atoms with Gasteiger partial charge in [0.2, 0.25) is 0 Å². The predicted molar refractivity (Wildman–Crippen MR) is 98.5 cm³/mol. The largest absolute Gasteiger partial charge is 0.383 e. The molecule has 3 aromatic rings. The zero-order valence-electron chi connectivity index (χ0n) is 13.5. The number of aromatic nitrogens is 2. The van der Waals surface area contributed by atoms with Crippen LogP contribution in [0.4, 0.5) is 11.5 Å². The summed E-state index contributed by atoms with van der Waals surface area (Å²) < 4.78 is 28.2.